The predicted octanol–water partition coefficient (Wildman–Crippen LogP) is 5.56. The Balaban J connectivity index is 1.46. The highest BCUT2D eigenvalue weighted by atomic mass is 35.5. The summed E-state index contributed by atoms with van der Waals surface area (Å²) in [6.45, 7) is 0.782. The normalized spacial score (nSPS) is 20.1. The van der Waals surface area contributed by atoms with E-state index < -0.39 is 39.5 Å². The number of hydrogen-bond donors (Lipinski definition) is 2. The zero-order valence-corrected chi connectivity index (χ0v) is 23.1. The summed E-state index contributed by atoms with van der Waals surface area (Å²) < 4.78 is 51.4. The minimum Gasteiger partial charge on any atom is -0.480 e. The van der Waals surface area contributed by atoms with Crippen molar-refractivity contribution in [3.63, 3.8) is 0 Å². The van der Waals surface area contributed by atoms with Gasteiger partial charge >= 0.3 is 0 Å². The van der Waals surface area contributed by atoms with Crippen molar-refractivity contribution in [2.24, 2.45) is 12.8 Å². The monoisotopic (exact) mass is 591 g/mol. The Kier molecular flexibility index (Phi) is 6.04. The van der Waals surface area contributed by atoms with Gasteiger partial charge in [-0.25, -0.2) is 8.78 Å². The van der Waals surface area contributed by atoms with Gasteiger partial charge in [0, 0.05) is 48.5 Å². The van der Waals surface area contributed by atoms with Gasteiger partial charge in [-0.3, -0.25) is 9.59 Å². The van der Waals surface area contributed by atoms with Gasteiger partial charge in [0.05, 0.1) is 16.6 Å². The number of nitrogens with one attached hydrogen (secondary N) is 1. The number of benzene rings is 3. The molecule has 7 rings (SSSR count). The maximum Gasteiger partial charge on any atom is 0.297 e. The lowest BCUT2D eigenvalue weighted by atomic mass is 9.80. The first-order valence-corrected chi connectivity index (χ1v) is 13.8. The summed E-state index contributed by atoms with van der Waals surface area (Å²) in [6, 6.07) is 13.3. The summed E-state index contributed by atoms with van der Waals surface area (Å²) in [5, 5.41) is 3.09. The Labute approximate surface area is 243 Å². The van der Waals surface area contributed by atoms with E-state index in [-0.39, 0.29) is 52.2 Å². The molecule has 3 aliphatic rings. The molecule has 1 aromatic heterocycles. The molecule has 2 atom stereocenters. The summed E-state index contributed by atoms with van der Waals surface area (Å²) in [7, 11) is 1.51. The van der Waals surface area contributed by atoms with E-state index in [0.717, 1.165) is 24.9 Å². The van der Waals surface area contributed by atoms with E-state index in [9.17, 15) is 9.59 Å². The van der Waals surface area contributed by atoms with Crippen molar-refractivity contribution in [3.05, 3.63) is 98.4 Å². The molecule has 0 radical (unpaired) electrons. The van der Waals surface area contributed by atoms with E-state index in [1.807, 2.05) is 30.3 Å². The molecule has 4 heterocycles. The molecule has 3 N–H and O–H groups in total. The highest BCUT2D eigenvalue weighted by Crippen LogP contribution is 2.55. The first-order chi connectivity index (χ1) is 20.2. The third-order valence-corrected chi connectivity index (χ3v) is 8.59. The number of rotatable bonds is 4. The van der Waals surface area contributed by atoms with Crippen molar-refractivity contribution in [2.45, 2.75) is 30.9 Å². The fourth-order valence-corrected chi connectivity index (χ4v) is 6.49. The minimum absolute atomic E-state index is 0.0444. The number of hydrogen-bond acceptors (Lipinski definition) is 6. The van der Waals surface area contributed by atoms with Crippen LogP contribution in [0.25, 0.3) is 11.1 Å². The van der Waals surface area contributed by atoms with Crippen LogP contribution < -0.4 is 30.8 Å². The highest BCUT2D eigenvalue weighted by molar-refractivity contribution is 6.34. The number of primary amides is 1. The van der Waals surface area contributed by atoms with E-state index >= 15 is 8.78 Å². The van der Waals surface area contributed by atoms with Crippen molar-refractivity contribution in [1.29, 1.82) is 0 Å². The molecule has 11 heteroatoms. The van der Waals surface area contributed by atoms with Crippen LogP contribution in [-0.4, -0.2) is 23.1 Å². The molecule has 0 aliphatic carbocycles. The molecule has 214 valence electrons. The second-order valence-electron chi connectivity index (χ2n) is 10.6. The minimum atomic E-state index is -1.08. The molecule has 42 heavy (non-hydrogen) atoms. The molecule has 8 nitrogen and oxygen atoms in total. The summed E-state index contributed by atoms with van der Waals surface area (Å²) in [5.41, 5.74) is 4.75. The fourth-order valence-electron chi connectivity index (χ4n) is 6.22. The second-order valence-corrected chi connectivity index (χ2v) is 11.0. The van der Waals surface area contributed by atoms with Crippen LogP contribution in [0.5, 0.6) is 28.7 Å². The van der Waals surface area contributed by atoms with Crippen molar-refractivity contribution in [3.8, 4) is 39.9 Å². The third-order valence-electron chi connectivity index (χ3n) is 8.22. The van der Waals surface area contributed by atoms with Gasteiger partial charge in [0.25, 0.3) is 5.56 Å². The zero-order chi connectivity index (χ0) is 29.3. The van der Waals surface area contributed by atoms with Gasteiger partial charge in [-0.1, -0.05) is 41.9 Å². The smallest absolute Gasteiger partial charge is 0.297 e. The van der Waals surface area contributed by atoms with Crippen molar-refractivity contribution < 1.29 is 27.8 Å². The first-order valence-electron chi connectivity index (χ1n) is 13.4. The van der Waals surface area contributed by atoms with Crippen LogP contribution in [0.3, 0.4) is 0 Å². The van der Waals surface area contributed by atoms with Gasteiger partial charge in [0.1, 0.15) is 11.6 Å². The van der Waals surface area contributed by atoms with Gasteiger partial charge in [-0.2, -0.15) is 0 Å². The number of nitrogens with zero attached hydrogens (tertiary/aromatic N) is 1. The number of pyridine rings is 1. The van der Waals surface area contributed by atoms with Crippen LogP contribution in [0.4, 0.5) is 8.78 Å². The van der Waals surface area contributed by atoms with E-state index in [4.69, 9.17) is 31.5 Å². The Bertz CT molecular complexity index is 1860. The number of amides is 1. The molecule has 0 saturated carbocycles. The number of carbonyl (C=O) groups excluding carboxylic acids is 1. The molecule has 1 amide bonds. The Morgan fingerprint density at radius 2 is 1.86 bits per heavy atom. The Morgan fingerprint density at radius 1 is 1.07 bits per heavy atom. The van der Waals surface area contributed by atoms with Gasteiger partial charge in [0.15, 0.2) is 22.9 Å². The first kappa shape index (κ1) is 26.5. The van der Waals surface area contributed by atoms with E-state index in [1.165, 1.54) is 36.0 Å². The maximum absolute atomic E-state index is 16.6. The number of aryl methyl sites for hydroxylation is 1. The molecule has 0 spiro atoms. The summed E-state index contributed by atoms with van der Waals surface area (Å²) in [5.74, 6) is -3.58. The summed E-state index contributed by atoms with van der Waals surface area (Å²) >= 11 is 6.58. The van der Waals surface area contributed by atoms with Crippen molar-refractivity contribution >= 4 is 17.5 Å². The zero-order valence-electron chi connectivity index (χ0n) is 22.3. The van der Waals surface area contributed by atoms with Gasteiger partial charge in [0.2, 0.25) is 17.4 Å². The van der Waals surface area contributed by atoms with Crippen molar-refractivity contribution in [2.75, 3.05) is 6.54 Å². The molecule has 1 fully saturated rings. The van der Waals surface area contributed by atoms with E-state index in [1.54, 1.807) is 0 Å². The summed E-state index contributed by atoms with van der Waals surface area (Å²) in [6.07, 6.45) is 3.39. The summed E-state index contributed by atoms with van der Waals surface area (Å²) in [4.78, 5) is 25.5. The largest absolute Gasteiger partial charge is 0.480 e. The molecular weight excluding hydrogens is 568 g/mol. The predicted molar refractivity (Wildman–Crippen MR) is 151 cm³/mol. The second kappa shape index (κ2) is 9.57. The molecule has 4 aromatic rings. The quantitative estimate of drug-likeness (QED) is 0.283. The SMILES string of the molecule is Cn1ccc2c(c1=O)Oc1c(cc(C(N)=O)c(-c3c(Cl)c(F)cc4c3C[C@](c3ccccc3)([C@@H]3CCCN3)O4)c1F)O2. The topological polar surface area (TPSA) is 105 Å². The van der Waals surface area contributed by atoms with Crippen LogP contribution in [-0.2, 0) is 19.1 Å². The lowest BCUT2D eigenvalue weighted by Gasteiger charge is -2.35. The van der Waals surface area contributed by atoms with Crippen molar-refractivity contribution in [1.82, 2.24) is 9.88 Å². The Hall–Kier alpha value is -4.41. The molecule has 0 unspecified atom stereocenters. The van der Waals surface area contributed by atoms with Crippen LogP contribution in [0.2, 0.25) is 5.02 Å². The van der Waals surface area contributed by atoms with Crippen LogP contribution >= 0.6 is 11.6 Å². The van der Waals surface area contributed by atoms with E-state index in [0.29, 0.717) is 5.56 Å². The average molecular weight is 592 g/mol. The Morgan fingerprint density at radius 3 is 2.57 bits per heavy atom. The molecule has 3 aromatic carbocycles. The van der Waals surface area contributed by atoms with Crippen LogP contribution in [0.15, 0.2) is 59.5 Å². The number of ether oxygens (including phenoxy) is 3. The number of fused-ring (bicyclic) bond motifs is 3. The average Bonchev–Trinajstić information content (AvgIpc) is 3.66. The molecular formula is C31H24ClF2N3O5. The number of nitrogens with two attached hydrogens (primary N) is 1. The maximum atomic E-state index is 16.6. The van der Waals surface area contributed by atoms with Gasteiger partial charge in [-0.05, 0) is 31.0 Å². The number of aromatic nitrogens is 1. The highest BCUT2D eigenvalue weighted by Gasteiger charge is 2.50. The molecule has 0 bridgehead atoms. The lowest BCUT2D eigenvalue weighted by Crippen LogP contribution is -2.48. The fraction of sp³-hybridized carbons (Fsp3) is 0.226. The molecule has 1 saturated heterocycles. The van der Waals surface area contributed by atoms with Gasteiger partial charge in [-0.15, -0.1) is 0 Å². The van der Waals surface area contributed by atoms with E-state index in [2.05, 4.69) is 5.32 Å². The number of carbonyl (C=O) groups is 1. The van der Waals surface area contributed by atoms with Crippen LogP contribution in [0, 0.1) is 11.6 Å². The lowest BCUT2D eigenvalue weighted by molar-refractivity contribution is 0.0539. The van der Waals surface area contributed by atoms with Gasteiger partial charge < -0.3 is 29.8 Å². The third kappa shape index (κ3) is 3.82. The standard InChI is InChI=1S/C31H24ClF2N3O5/c1-37-11-9-19-28(30(37)39)41-27-21(40-19)12-16(29(35)38)24(26(27)34)23-17-14-31(22-8-5-10-36-22,15-6-3-2-4-7-15)42-20(17)13-18(33)25(23)32/h2-4,6-7,9,11-13,22,36H,5,8,10,14H2,1H3,(H2,35,38)/t22-,31-/m0/s1. The molecule has 3 aliphatic heterocycles. The number of halogens is 3. The van der Waals surface area contributed by atoms with Crippen LogP contribution in [0.1, 0.15) is 34.3 Å².